The zero-order chi connectivity index (χ0) is 17.9. The van der Waals surface area contributed by atoms with Gasteiger partial charge in [-0.2, -0.15) is 16.8 Å². The van der Waals surface area contributed by atoms with Crippen LogP contribution in [-0.4, -0.2) is 67.1 Å². The van der Waals surface area contributed by atoms with Crippen LogP contribution < -0.4 is 0 Å². The fourth-order valence-corrected chi connectivity index (χ4v) is 3.44. The SMILES string of the molecule is O=C1c2ccc(S(=O)(=O)O)cc2C(=O)c2ccc(S(=O)(=O)O)cc21.[Na]. The molecule has 0 heterocycles. The van der Waals surface area contributed by atoms with Crippen LogP contribution in [0.1, 0.15) is 31.8 Å². The molecular weight excluding hydrogens is 383 g/mol. The number of carbonyl (C=O) groups excluding carboxylic acids is 2. The van der Waals surface area contributed by atoms with Gasteiger partial charge >= 0.3 is 0 Å². The van der Waals surface area contributed by atoms with Crippen molar-refractivity contribution >= 4 is 61.4 Å². The second kappa shape index (κ2) is 6.40. The molecule has 0 saturated heterocycles. The van der Waals surface area contributed by atoms with Gasteiger partial charge in [0, 0.05) is 51.8 Å². The van der Waals surface area contributed by atoms with Crippen molar-refractivity contribution in [3.8, 4) is 0 Å². The predicted octanol–water partition coefficient (Wildman–Crippen LogP) is 0.575. The second-order valence-corrected chi connectivity index (χ2v) is 7.87. The van der Waals surface area contributed by atoms with Gasteiger partial charge in [0.2, 0.25) is 0 Å². The Balaban J connectivity index is 0.00000225. The molecule has 0 fully saturated rings. The average molecular weight is 391 g/mol. The molecule has 25 heavy (non-hydrogen) atoms. The van der Waals surface area contributed by atoms with E-state index < -0.39 is 41.6 Å². The van der Waals surface area contributed by atoms with Gasteiger partial charge in [-0.3, -0.25) is 18.7 Å². The number of fused-ring (bicyclic) bond motifs is 2. The molecule has 2 N–H and O–H groups in total. The summed E-state index contributed by atoms with van der Waals surface area (Å²) in [6.07, 6.45) is 0. The number of hydrogen-bond donors (Lipinski definition) is 2. The Hall–Kier alpha value is -1.40. The zero-order valence-corrected chi connectivity index (χ0v) is 16.3. The van der Waals surface area contributed by atoms with Crippen LogP contribution >= 0.6 is 0 Å². The summed E-state index contributed by atoms with van der Waals surface area (Å²) in [5.74, 6) is -1.40. The van der Waals surface area contributed by atoms with Crippen molar-refractivity contribution in [2.75, 3.05) is 0 Å². The molecule has 0 atom stereocenters. The predicted molar refractivity (Wildman–Crippen MR) is 85.1 cm³/mol. The van der Waals surface area contributed by atoms with Crippen LogP contribution in [0.4, 0.5) is 0 Å². The van der Waals surface area contributed by atoms with Crippen LogP contribution in [0, 0.1) is 0 Å². The third-order valence-corrected chi connectivity index (χ3v) is 5.26. The molecule has 11 heteroatoms. The van der Waals surface area contributed by atoms with Crippen LogP contribution in [0.2, 0.25) is 0 Å². The molecule has 125 valence electrons. The monoisotopic (exact) mass is 391 g/mol. The molecular formula is C14H8NaO8S2. The minimum Gasteiger partial charge on any atom is -0.289 e. The van der Waals surface area contributed by atoms with Crippen LogP contribution in [0.3, 0.4) is 0 Å². The fraction of sp³-hybridized carbons (Fsp3) is 0. The minimum absolute atomic E-state index is 0. The Kier molecular flexibility index (Phi) is 5.10. The van der Waals surface area contributed by atoms with Crippen LogP contribution in [-0.2, 0) is 20.2 Å². The number of benzene rings is 2. The molecule has 2 aromatic rings. The van der Waals surface area contributed by atoms with Crippen molar-refractivity contribution in [2.45, 2.75) is 9.79 Å². The van der Waals surface area contributed by atoms with Crippen molar-refractivity contribution in [1.29, 1.82) is 0 Å². The van der Waals surface area contributed by atoms with E-state index in [1.165, 1.54) is 0 Å². The van der Waals surface area contributed by atoms with E-state index >= 15 is 0 Å². The van der Waals surface area contributed by atoms with E-state index in [4.69, 9.17) is 9.11 Å². The molecule has 0 aliphatic heterocycles. The summed E-state index contributed by atoms with van der Waals surface area (Å²) in [6, 6.07) is 5.78. The van der Waals surface area contributed by atoms with E-state index in [1.807, 2.05) is 0 Å². The van der Waals surface area contributed by atoms with Gasteiger partial charge in [0.1, 0.15) is 0 Å². The molecule has 0 amide bonds. The van der Waals surface area contributed by atoms with Crippen molar-refractivity contribution in [1.82, 2.24) is 0 Å². The molecule has 1 radical (unpaired) electrons. The van der Waals surface area contributed by atoms with Gasteiger partial charge in [-0.15, -0.1) is 0 Å². The van der Waals surface area contributed by atoms with Gasteiger partial charge in [-0.25, -0.2) is 0 Å². The van der Waals surface area contributed by atoms with Gasteiger partial charge in [-0.05, 0) is 36.4 Å². The summed E-state index contributed by atoms with van der Waals surface area (Å²) in [5, 5.41) is 0. The van der Waals surface area contributed by atoms with E-state index in [1.54, 1.807) is 0 Å². The summed E-state index contributed by atoms with van der Waals surface area (Å²) in [4.78, 5) is 23.8. The Labute approximate surface area is 164 Å². The van der Waals surface area contributed by atoms with Gasteiger partial charge in [0.25, 0.3) is 20.2 Å². The Morgan fingerprint density at radius 1 is 0.600 bits per heavy atom. The maximum atomic E-state index is 12.5. The largest absolute Gasteiger partial charge is 0.294 e. The summed E-state index contributed by atoms with van der Waals surface area (Å²) in [7, 11) is -9.11. The molecule has 8 nitrogen and oxygen atoms in total. The van der Waals surface area contributed by atoms with Gasteiger partial charge in [0.15, 0.2) is 11.6 Å². The Morgan fingerprint density at radius 2 is 0.920 bits per heavy atom. The van der Waals surface area contributed by atoms with Crippen LogP contribution in [0.5, 0.6) is 0 Å². The number of carbonyl (C=O) groups is 2. The van der Waals surface area contributed by atoms with E-state index in [0.717, 1.165) is 36.4 Å². The van der Waals surface area contributed by atoms with E-state index in [-0.39, 0.29) is 51.8 Å². The van der Waals surface area contributed by atoms with Crippen molar-refractivity contribution in [2.24, 2.45) is 0 Å². The molecule has 0 unspecified atom stereocenters. The summed E-state index contributed by atoms with van der Waals surface area (Å²) in [6.45, 7) is 0. The first kappa shape index (κ1) is 19.9. The first-order valence-electron chi connectivity index (χ1n) is 6.32. The minimum atomic E-state index is -4.56. The normalized spacial score (nSPS) is 13.7. The summed E-state index contributed by atoms with van der Waals surface area (Å²) < 4.78 is 62.8. The Bertz CT molecular complexity index is 1040. The summed E-state index contributed by atoms with van der Waals surface area (Å²) in [5.41, 5.74) is -0.704. The molecule has 3 rings (SSSR count). The maximum absolute atomic E-state index is 12.5. The maximum Gasteiger partial charge on any atom is 0.294 e. The first-order valence-corrected chi connectivity index (χ1v) is 9.20. The van der Waals surface area contributed by atoms with Gasteiger partial charge < -0.3 is 0 Å². The number of rotatable bonds is 2. The van der Waals surface area contributed by atoms with Crippen molar-refractivity contribution in [3.05, 3.63) is 58.7 Å². The molecule has 2 aromatic carbocycles. The second-order valence-electron chi connectivity index (χ2n) is 5.02. The quantitative estimate of drug-likeness (QED) is 0.477. The zero-order valence-electron chi connectivity index (χ0n) is 12.6. The standard InChI is InChI=1S/C14H8O8S2.Na/c15-13-9-3-1-7(23(17,18)19)5-11(9)14(16)10-4-2-8(6-12(10)13)24(20,21)22;/h1-6H,(H,17,18,19)(H,20,21,22);. The van der Waals surface area contributed by atoms with Gasteiger partial charge in [0.05, 0.1) is 9.79 Å². The molecule has 0 aromatic heterocycles. The smallest absolute Gasteiger partial charge is 0.289 e. The molecule has 0 spiro atoms. The third-order valence-electron chi connectivity index (χ3n) is 3.56. The fourth-order valence-electron chi connectivity index (χ4n) is 2.43. The molecule has 0 saturated carbocycles. The van der Waals surface area contributed by atoms with Crippen molar-refractivity contribution in [3.63, 3.8) is 0 Å². The molecule has 1 aliphatic rings. The Morgan fingerprint density at radius 3 is 1.20 bits per heavy atom. The van der Waals surface area contributed by atoms with E-state index in [9.17, 15) is 26.4 Å². The first-order chi connectivity index (χ1) is 11.0. The van der Waals surface area contributed by atoms with Gasteiger partial charge in [-0.1, -0.05) is 0 Å². The molecule has 1 aliphatic carbocycles. The average Bonchev–Trinajstić information content (AvgIpc) is 2.49. The number of hydrogen-bond acceptors (Lipinski definition) is 6. The van der Waals surface area contributed by atoms with E-state index in [2.05, 4.69) is 0 Å². The van der Waals surface area contributed by atoms with Crippen molar-refractivity contribution < 1.29 is 35.5 Å². The topological polar surface area (TPSA) is 143 Å². The van der Waals surface area contributed by atoms with Crippen LogP contribution in [0.25, 0.3) is 0 Å². The number of ketones is 2. The van der Waals surface area contributed by atoms with E-state index in [0.29, 0.717) is 0 Å². The van der Waals surface area contributed by atoms with Crippen LogP contribution in [0.15, 0.2) is 46.2 Å². The molecule has 0 bridgehead atoms. The third kappa shape index (κ3) is 3.47. The summed E-state index contributed by atoms with van der Waals surface area (Å²) >= 11 is 0.